The molecule has 0 aliphatic heterocycles. The fourth-order valence-electron chi connectivity index (χ4n) is 1.99. The molecule has 3 rings (SSSR count). The smallest absolute Gasteiger partial charge is 0.152 e. The first-order valence-corrected chi connectivity index (χ1v) is 5.58. The summed E-state index contributed by atoms with van der Waals surface area (Å²) in [7, 11) is 0. The van der Waals surface area contributed by atoms with Gasteiger partial charge in [-0.1, -0.05) is 18.2 Å². The molecule has 3 N–H and O–H groups in total. The summed E-state index contributed by atoms with van der Waals surface area (Å²) in [6, 6.07) is 12.9. The monoisotopic (exact) mass is 237 g/mol. The molecular weight excluding hydrogens is 226 g/mol. The van der Waals surface area contributed by atoms with Crippen LogP contribution in [0.15, 0.2) is 42.5 Å². The number of carbonyl (C=O) groups is 1. The second kappa shape index (κ2) is 4.00. The lowest BCUT2D eigenvalue weighted by Gasteiger charge is -2.00. The second-order valence-electron chi connectivity index (χ2n) is 4.03. The molecule has 4 nitrogen and oxygen atoms in total. The molecule has 0 aliphatic rings. The predicted molar refractivity (Wildman–Crippen MR) is 71.3 cm³/mol. The van der Waals surface area contributed by atoms with Crippen LogP contribution in [0.2, 0.25) is 0 Å². The molecule has 3 aromatic rings. The number of nitrogen functional groups attached to an aromatic ring is 1. The van der Waals surface area contributed by atoms with Crippen LogP contribution in [0.3, 0.4) is 0 Å². The summed E-state index contributed by atoms with van der Waals surface area (Å²) in [6.45, 7) is 0. The van der Waals surface area contributed by atoms with Crippen LogP contribution in [-0.2, 0) is 0 Å². The Balaban J connectivity index is 2.26. The minimum Gasteiger partial charge on any atom is -0.398 e. The van der Waals surface area contributed by atoms with Crippen molar-refractivity contribution in [2.75, 3.05) is 5.73 Å². The molecule has 0 atom stereocenters. The Kier molecular flexibility index (Phi) is 2.34. The summed E-state index contributed by atoms with van der Waals surface area (Å²) in [5.74, 6) is 0.678. The number of anilines is 1. The quantitative estimate of drug-likeness (QED) is 0.531. The van der Waals surface area contributed by atoms with Crippen molar-refractivity contribution in [3.63, 3.8) is 0 Å². The minimum atomic E-state index is 0.574. The van der Waals surface area contributed by atoms with Crippen molar-refractivity contribution in [2.45, 2.75) is 0 Å². The van der Waals surface area contributed by atoms with Crippen LogP contribution in [0.25, 0.3) is 22.4 Å². The second-order valence-corrected chi connectivity index (χ2v) is 4.03. The van der Waals surface area contributed by atoms with E-state index in [0.717, 1.165) is 17.4 Å². The number of para-hydroxylation sites is 2. The number of aromatic amines is 1. The predicted octanol–water partition coefficient (Wildman–Crippen LogP) is 2.62. The van der Waals surface area contributed by atoms with Gasteiger partial charge in [-0.05, 0) is 24.3 Å². The first kappa shape index (κ1) is 10.5. The van der Waals surface area contributed by atoms with E-state index in [0.29, 0.717) is 22.6 Å². The van der Waals surface area contributed by atoms with Crippen molar-refractivity contribution in [1.82, 2.24) is 9.97 Å². The molecule has 0 amide bonds. The van der Waals surface area contributed by atoms with Gasteiger partial charge in [-0.15, -0.1) is 0 Å². The standard InChI is InChI=1S/C14H11N3O/c15-11-6-2-1-5-10(11)14-16-12-7-3-4-9(8-18)13(12)17-14/h1-8H,15H2,(H,16,17). The lowest BCUT2D eigenvalue weighted by atomic mass is 10.2. The Hall–Kier alpha value is -2.62. The van der Waals surface area contributed by atoms with Crippen molar-refractivity contribution in [2.24, 2.45) is 0 Å². The van der Waals surface area contributed by atoms with Crippen LogP contribution < -0.4 is 5.73 Å². The first-order chi connectivity index (χ1) is 8.79. The zero-order valence-corrected chi connectivity index (χ0v) is 9.55. The third kappa shape index (κ3) is 1.55. The molecule has 1 aromatic heterocycles. The lowest BCUT2D eigenvalue weighted by Crippen LogP contribution is -1.90. The number of hydrogen-bond donors (Lipinski definition) is 2. The zero-order valence-electron chi connectivity index (χ0n) is 9.55. The maximum absolute atomic E-state index is 11.0. The molecule has 1 heterocycles. The van der Waals surface area contributed by atoms with Gasteiger partial charge >= 0.3 is 0 Å². The normalized spacial score (nSPS) is 10.7. The highest BCUT2D eigenvalue weighted by atomic mass is 16.1. The van der Waals surface area contributed by atoms with Crippen LogP contribution in [0.5, 0.6) is 0 Å². The van der Waals surface area contributed by atoms with Gasteiger partial charge in [0.25, 0.3) is 0 Å². The number of rotatable bonds is 2. The van der Waals surface area contributed by atoms with Crippen LogP contribution in [0.4, 0.5) is 5.69 Å². The minimum absolute atomic E-state index is 0.574. The molecule has 0 saturated heterocycles. The van der Waals surface area contributed by atoms with Crippen LogP contribution in [0, 0.1) is 0 Å². The third-order valence-electron chi connectivity index (χ3n) is 2.89. The maximum Gasteiger partial charge on any atom is 0.152 e. The Morgan fingerprint density at radius 3 is 2.72 bits per heavy atom. The van der Waals surface area contributed by atoms with Gasteiger partial charge in [0.15, 0.2) is 6.29 Å². The van der Waals surface area contributed by atoms with E-state index >= 15 is 0 Å². The molecule has 0 spiro atoms. The molecule has 0 bridgehead atoms. The van der Waals surface area contributed by atoms with E-state index in [4.69, 9.17) is 5.73 Å². The number of nitrogens with zero attached hydrogens (tertiary/aromatic N) is 1. The number of carbonyl (C=O) groups excluding carboxylic acids is 1. The fourth-order valence-corrected chi connectivity index (χ4v) is 1.99. The average molecular weight is 237 g/mol. The number of H-pyrrole nitrogens is 1. The Bertz CT molecular complexity index is 731. The van der Waals surface area contributed by atoms with Crippen molar-refractivity contribution in [3.05, 3.63) is 48.0 Å². The van der Waals surface area contributed by atoms with Crippen molar-refractivity contribution in [1.29, 1.82) is 0 Å². The molecule has 0 unspecified atom stereocenters. The van der Waals surface area contributed by atoms with Gasteiger partial charge in [-0.2, -0.15) is 0 Å². The van der Waals surface area contributed by atoms with E-state index in [1.807, 2.05) is 36.4 Å². The molecule has 88 valence electrons. The van der Waals surface area contributed by atoms with Crippen LogP contribution >= 0.6 is 0 Å². The fraction of sp³-hybridized carbons (Fsp3) is 0. The van der Waals surface area contributed by atoms with E-state index in [9.17, 15) is 4.79 Å². The van der Waals surface area contributed by atoms with E-state index in [-0.39, 0.29) is 0 Å². The maximum atomic E-state index is 11.0. The van der Waals surface area contributed by atoms with Gasteiger partial charge in [-0.25, -0.2) is 4.98 Å². The molecule has 0 saturated carbocycles. The molecular formula is C14H11N3O. The summed E-state index contributed by atoms with van der Waals surface area (Å²) in [5.41, 5.74) is 9.49. The van der Waals surface area contributed by atoms with Crippen molar-refractivity contribution in [3.8, 4) is 11.4 Å². The van der Waals surface area contributed by atoms with Gasteiger partial charge in [0, 0.05) is 16.8 Å². The number of hydrogen-bond acceptors (Lipinski definition) is 3. The summed E-state index contributed by atoms with van der Waals surface area (Å²) in [4.78, 5) is 18.6. The molecule has 4 heteroatoms. The van der Waals surface area contributed by atoms with E-state index < -0.39 is 0 Å². The van der Waals surface area contributed by atoms with Crippen molar-refractivity contribution < 1.29 is 4.79 Å². The van der Waals surface area contributed by atoms with E-state index in [1.54, 1.807) is 6.07 Å². The highest BCUT2D eigenvalue weighted by Gasteiger charge is 2.09. The van der Waals surface area contributed by atoms with Gasteiger partial charge in [0.05, 0.1) is 11.0 Å². The van der Waals surface area contributed by atoms with Gasteiger partial charge in [0.2, 0.25) is 0 Å². The number of fused-ring (bicyclic) bond motifs is 1. The molecule has 0 radical (unpaired) electrons. The number of imidazole rings is 1. The van der Waals surface area contributed by atoms with Gasteiger partial charge in [-0.3, -0.25) is 4.79 Å². The molecule has 0 fully saturated rings. The zero-order chi connectivity index (χ0) is 12.5. The number of aldehydes is 1. The largest absolute Gasteiger partial charge is 0.398 e. The Morgan fingerprint density at radius 2 is 1.94 bits per heavy atom. The summed E-state index contributed by atoms with van der Waals surface area (Å²) >= 11 is 0. The van der Waals surface area contributed by atoms with Crippen molar-refractivity contribution >= 4 is 23.0 Å². The molecule has 0 aliphatic carbocycles. The Labute approximate surface area is 103 Å². The van der Waals surface area contributed by atoms with E-state index in [2.05, 4.69) is 9.97 Å². The van der Waals surface area contributed by atoms with Crippen LogP contribution in [-0.4, -0.2) is 16.3 Å². The third-order valence-corrected chi connectivity index (χ3v) is 2.89. The van der Waals surface area contributed by atoms with Crippen LogP contribution in [0.1, 0.15) is 10.4 Å². The SMILES string of the molecule is Nc1ccccc1-c1nc2c(C=O)cccc2[nH]1. The highest BCUT2D eigenvalue weighted by molar-refractivity contribution is 5.95. The summed E-state index contributed by atoms with van der Waals surface area (Å²) in [5, 5.41) is 0. The first-order valence-electron chi connectivity index (χ1n) is 5.58. The lowest BCUT2D eigenvalue weighted by molar-refractivity contribution is 0.112. The number of benzene rings is 2. The number of aromatic nitrogens is 2. The van der Waals surface area contributed by atoms with E-state index in [1.165, 1.54) is 0 Å². The molecule has 18 heavy (non-hydrogen) atoms. The average Bonchev–Trinajstić information content (AvgIpc) is 2.82. The number of nitrogens with two attached hydrogens (primary N) is 1. The molecule has 2 aromatic carbocycles. The topological polar surface area (TPSA) is 71.8 Å². The summed E-state index contributed by atoms with van der Waals surface area (Å²) < 4.78 is 0. The van der Waals surface area contributed by atoms with Gasteiger partial charge in [0.1, 0.15) is 5.82 Å². The summed E-state index contributed by atoms with van der Waals surface area (Å²) in [6.07, 6.45) is 0.807. The van der Waals surface area contributed by atoms with Gasteiger partial charge < -0.3 is 10.7 Å². The highest BCUT2D eigenvalue weighted by Crippen LogP contribution is 2.26. The number of nitrogens with one attached hydrogen (secondary N) is 1. The Morgan fingerprint density at radius 1 is 1.11 bits per heavy atom.